The van der Waals surface area contributed by atoms with Gasteiger partial charge in [0, 0.05) is 12.8 Å². The molecule has 0 aliphatic heterocycles. The highest BCUT2D eigenvalue weighted by atomic mass is 16.6. The van der Waals surface area contributed by atoms with Crippen LogP contribution in [0.1, 0.15) is 335 Å². The molecule has 1 N–H and O–H groups in total. The minimum atomic E-state index is -0.779. The van der Waals surface area contributed by atoms with Crippen molar-refractivity contribution >= 4 is 11.9 Å². The molecule has 0 spiro atoms. The lowest BCUT2D eigenvalue weighted by Gasteiger charge is -2.15. The van der Waals surface area contributed by atoms with E-state index in [9.17, 15) is 14.7 Å². The van der Waals surface area contributed by atoms with Gasteiger partial charge in [0.15, 0.2) is 6.10 Å². The van der Waals surface area contributed by atoms with Crippen LogP contribution in [0.3, 0.4) is 0 Å². The third-order valence-corrected chi connectivity index (χ3v) is 15.2. The number of hydrogen-bond acceptors (Lipinski definition) is 5. The highest BCUT2D eigenvalue weighted by molar-refractivity contribution is 5.70. The van der Waals surface area contributed by atoms with Crippen LogP contribution in [0.15, 0.2) is 122 Å². The van der Waals surface area contributed by atoms with E-state index in [2.05, 4.69) is 135 Å². The number of esters is 2. The maximum absolute atomic E-state index is 12.4. The summed E-state index contributed by atoms with van der Waals surface area (Å²) in [4.78, 5) is 24.7. The molecule has 0 rings (SSSR count). The van der Waals surface area contributed by atoms with Crippen molar-refractivity contribution in [2.24, 2.45) is 0 Å². The van der Waals surface area contributed by atoms with Crippen LogP contribution < -0.4 is 0 Å². The van der Waals surface area contributed by atoms with Crippen molar-refractivity contribution < 1.29 is 24.2 Å². The molecule has 0 bridgehead atoms. The number of ether oxygens (including phenoxy) is 2. The summed E-state index contributed by atoms with van der Waals surface area (Å²) in [5.41, 5.74) is 0. The van der Waals surface area contributed by atoms with Gasteiger partial charge in [-0.3, -0.25) is 9.59 Å². The van der Waals surface area contributed by atoms with Crippen LogP contribution in [0.4, 0.5) is 0 Å². The second-order valence-electron chi connectivity index (χ2n) is 23.2. The van der Waals surface area contributed by atoms with E-state index in [-0.39, 0.29) is 25.2 Å². The van der Waals surface area contributed by atoms with Crippen molar-refractivity contribution in [3.63, 3.8) is 0 Å². The fourth-order valence-electron chi connectivity index (χ4n) is 10.0. The molecule has 5 nitrogen and oxygen atoms in total. The Kier molecular flexibility index (Phi) is 68.3. The Labute approximate surface area is 509 Å². The van der Waals surface area contributed by atoms with Gasteiger partial charge in [-0.05, 0) is 109 Å². The molecule has 0 fully saturated rings. The lowest BCUT2D eigenvalue weighted by atomic mass is 10.0. The summed E-state index contributed by atoms with van der Waals surface area (Å²) in [6.45, 7) is 4.04. The van der Waals surface area contributed by atoms with Gasteiger partial charge in [0.05, 0.1) is 6.61 Å². The summed E-state index contributed by atoms with van der Waals surface area (Å²) in [5, 5.41) is 9.71. The Hall–Kier alpha value is -3.70. The Morgan fingerprint density at radius 2 is 0.524 bits per heavy atom. The predicted molar refractivity (Wildman–Crippen MR) is 362 cm³/mol. The first-order chi connectivity index (χ1) is 40.6. The molecule has 0 saturated carbocycles. The first kappa shape index (κ1) is 78.3. The number of carbonyl (C=O) groups excluding carboxylic acids is 2. The quantitative estimate of drug-likeness (QED) is 0.0373. The van der Waals surface area contributed by atoms with Gasteiger partial charge in [-0.25, -0.2) is 0 Å². The normalized spacial score (nSPS) is 13.0. The summed E-state index contributed by atoms with van der Waals surface area (Å²) < 4.78 is 10.8. The molecule has 0 amide bonds. The number of allylic oxidation sites excluding steroid dienone is 20. The van der Waals surface area contributed by atoms with Crippen LogP contribution in [0.2, 0.25) is 0 Å². The summed E-state index contributed by atoms with van der Waals surface area (Å²) in [6.07, 6.45) is 105. The first-order valence-electron chi connectivity index (χ1n) is 35.1. The Bertz CT molecular complexity index is 1620. The van der Waals surface area contributed by atoms with E-state index in [4.69, 9.17) is 9.47 Å². The van der Waals surface area contributed by atoms with Gasteiger partial charge >= 0.3 is 11.9 Å². The van der Waals surface area contributed by atoms with Crippen molar-refractivity contribution in [2.75, 3.05) is 13.2 Å². The summed E-state index contributed by atoms with van der Waals surface area (Å²) in [6, 6.07) is 0. The van der Waals surface area contributed by atoms with Crippen molar-refractivity contribution in [1.82, 2.24) is 0 Å². The van der Waals surface area contributed by atoms with E-state index in [1.165, 1.54) is 212 Å². The van der Waals surface area contributed by atoms with Gasteiger partial charge in [-0.1, -0.05) is 334 Å². The molecule has 82 heavy (non-hydrogen) atoms. The lowest BCUT2D eigenvalue weighted by Crippen LogP contribution is -2.28. The van der Waals surface area contributed by atoms with Crippen molar-refractivity contribution in [3.05, 3.63) is 122 Å². The second-order valence-corrected chi connectivity index (χ2v) is 23.2. The van der Waals surface area contributed by atoms with Crippen molar-refractivity contribution in [3.8, 4) is 0 Å². The molecule has 0 heterocycles. The molecule has 0 aromatic carbocycles. The minimum Gasteiger partial charge on any atom is -0.462 e. The third-order valence-electron chi connectivity index (χ3n) is 15.2. The van der Waals surface area contributed by atoms with Crippen LogP contribution in [-0.2, 0) is 19.1 Å². The molecule has 1 atom stereocenters. The fraction of sp³-hybridized carbons (Fsp3) is 0.714. The topological polar surface area (TPSA) is 72.8 Å². The number of aliphatic hydroxyl groups is 1. The number of aliphatic hydroxyl groups excluding tert-OH is 1. The molecule has 0 saturated heterocycles. The second kappa shape index (κ2) is 71.6. The fourth-order valence-corrected chi connectivity index (χ4v) is 10.0. The van der Waals surface area contributed by atoms with Crippen LogP contribution in [0.25, 0.3) is 0 Å². The SMILES string of the molecule is CC/C=C\C/C=C\C/C=C\C/C=C\C/C=C\C/C=C\C/C=C\CCCCCCCCCCCCCCCCCC(=O)OC(CO)COC(=O)CCCCCCCCCCCCCCCCCC/C=C\C/C=C\C/C=C\CCCCCCC. The zero-order valence-electron chi connectivity index (χ0n) is 54.0. The number of unbranched alkanes of at least 4 members (excludes halogenated alkanes) is 36. The van der Waals surface area contributed by atoms with Gasteiger partial charge in [-0.2, -0.15) is 0 Å². The van der Waals surface area contributed by atoms with E-state index in [0.29, 0.717) is 12.8 Å². The van der Waals surface area contributed by atoms with Gasteiger partial charge in [0.25, 0.3) is 0 Å². The monoisotopic (exact) mass is 1140 g/mol. The van der Waals surface area contributed by atoms with Crippen LogP contribution in [-0.4, -0.2) is 36.4 Å². The molecule has 0 aliphatic rings. The number of carbonyl (C=O) groups is 2. The highest BCUT2D eigenvalue weighted by Crippen LogP contribution is 2.17. The summed E-state index contributed by atoms with van der Waals surface area (Å²) in [7, 11) is 0. The zero-order valence-corrected chi connectivity index (χ0v) is 54.0. The molecule has 0 aromatic heterocycles. The molecule has 0 aliphatic carbocycles. The highest BCUT2D eigenvalue weighted by Gasteiger charge is 2.16. The largest absolute Gasteiger partial charge is 0.462 e. The van der Waals surface area contributed by atoms with Crippen molar-refractivity contribution in [2.45, 2.75) is 341 Å². The Balaban J connectivity index is 3.47. The predicted octanol–water partition coefficient (Wildman–Crippen LogP) is 24.5. The van der Waals surface area contributed by atoms with Crippen LogP contribution in [0, 0.1) is 0 Å². The smallest absolute Gasteiger partial charge is 0.306 e. The van der Waals surface area contributed by atoms with Gasteiger partial charge in [0.2, 0.25) is 0 Å². The van der Waals surface area contributed by atoms with E-state index >= 15 is 0 Å². The van der Waals surface area contributed by atoms with Crippen LogP contribution in [0.5, 0.6) is 0 Å². The van der Waals surface area contributed by atoms with E-state index in [1.807, 2.05) is 0 Å². The first-order valence-corrected chi connectivity index (χ1v) is 35.1. The number of rotatable bonds is 64. The molecule has 5 heteroatoms. The minimum absolute atomic E-state index is 0.0678. The standard InChI is InChI=1S/C77H132O5/c1-3-5-7-9-11-13-15-17-19-21-23-25-27-29-31-33-35-36-37-38-39-40-42-44-46-48-50-52-54-56-58-60-62-64-66-68-70-72-77(80)82-75(73-78)74-81-76(79)71-69-67-65-63-61-59-57-55-53-51-49-47-45-43-41-34-32-30-28-26-24-22-20-18-16-14-12-10-8-6-4-2/h5,7,11,13,16-19,22-25,28-31,35-36,38-39,75,78H,3-4,6,8-10,12,14-15,20-21,26-27,32-34,37,40-74H2,1-2H3/b7-5-,13-11-,18-16-,19-17-,24-22-,25-23-,30-28-,31-29-,36-35-,39-38-. The average molecular weight is 1140 g/mol. The van der Waals surface area contributed by atoms with Crippen LogP contribution >= 0.6 is 0 Å². The summed E-state index contributed by atoms with van der Waals surface area (Å²) >= 11 is 0. The zero-order chi connectivity index (χ0) is 59.1. The molecule has 0 aromatic rings. The lowest BCUT2D eigenvalue weighted by molar-refractivity contribution is -0.161. The third kappa shape index (κ3) is 68.8. The van der Waals surface area contributed by atoms with E-state index in [1.54, 1.807) is 0 Å². The molecule has 1 unspecified atom stereocenters. The van der Waals surface area contributed by atoms with Crippen molar-refractivity contribution in [1.29, 1.82) is 0 Å². The van der Waals surface area contributed by atoms with Gasteiger partial charge in [0.1, 0.15) is 6.61 Å². The maximum atomic E-state index is 12.4. The maximum Gasteiger partial charge on any atom is 0.306 e. The van der Waals surface area contributed by atoms with E-state index in [0.717, 1.165) is 96.3 Å². The summed E-state index contributed by atoms with van der Waals surface area (Å²) in [5.74, 6) is -0.582. The number of hydrogen-bond donors (Lipinski definition) is 1. The molecule has 0 radical (unpaired) electrons. The van der Waals surface area contributed by atoms with E-state index < -0.39 is 6.10 Å². The van der Waals surface area contributed by atoms with Gasteiger partial charge < -0.3 is 14.6 Å². The average Bonchev–Trinajstić information content (AvgIpc) is 3.49. The molecular weight excluding hydrogens is 1000 g/mol. The Morgan fingerprint density at radius 1 is 0.293 bits per heavy atom. The molecular formula is C77H132O5. The molecule has 470 valence electrons. The van der Waals surface area contributed by atoms with Gasteiger partial charge in [-0.15, -0.1) is 0 Å². The Morgan fingerprint density at radius 3 is 0.793 bits per heavy atom.